The molecule has 3 rings (SSSR count). The number of benzene rings is 2. The molecule has 2 aromatic carbocycles. The van der Waals surface area contributed by atoms with Crippen molar-refractivity contribution in [1.29, 1.82) is 0 Å². The summed E-state index contributed by atoms with van der Waals surface area (Å²) in [4.78, 5) is 12.3. The van der Waals surface area contributed by atoms with Crippen molar-refractivity contribution in [1.82, 2.24) is 0 Å². The Labute approximate surface area is 119 Å². The molecule has 2 aromatic rings. The number of anilines is 1. The average Bonchev–Trinajstić information content (AvgIpc) is 2.93. The van der Waals surface area contributed by atoms with Crippen LogP contribution in [0, 0.1) is 6.92 Å². The molecule has 20 heavy (non-hydrogen) atoms. The summed E-state index contributed by atoms with van der Waals surface area (Å²) in [6.45, 7) is 2.39. The summed E-state index contributed by atoms with van der Waals surface area (Å²) in [5.74, 6) is 0.156. The number of hydrogen-bond donors (Lipinski definition) is 1. The Morgan fingerprint density at radius 1 is 1.10 bits per heavy atom. The first-order valence-electron chi connectivity index (χ1n) is 7.18. The molecule has 0 spiro atoms. The van der Waals surface area contributed by atoms with E-state index in [0.717, 1.165) is 29.7 Å². The maximum atomic E-state index is 12.3. The van der Waals surface area contributed by atoms with Gasteiger partial charge in [0.15, 0.2) is 5.78 Å². The minimum atomic E-state index is 0.156. The predicted octanol–water partition coefficient (Wildman–Crippen LogP) is 3.78. The van der Waals surface area contributed by atoms with E-state index in [1.807, 2.05) is 37.3 Å². The van der Waals surface area contributed by atoms with Crippen LogP contribution in [0.25, 0.3) is 0 Å². The molecule has 0 saturated carbocycles. The second kappa shape index (κ2) is 5.49. The summed E-state index contributed by atoms with van der Waals surface area (Å²) in [6, 6.07) is 14.2. The van der Waals surface area contributed by atoms with Gasteiger partial charge in [0, 0.05) is 11.3 Å². The third-order valence-corrected chi connectivity index (χ3v) is 4.00. The third kappa shape index (κ3) is 2.60. The fourth-order valence-corrected chi connectivity index (χ4v) is 2.79. The van der Waals surface area contributed by atoms with Crippen LogP contribution in [0.5, 0.6) is 0 Å². The lowest BCUT2D eigenvalue weighted by Gasteiger charge is -2.09. The molecule has 1 N–H and O–H groups in total. The second-order valence-electron chi connectivity index (χ2n) is 5.43. The third-order valence-electron chi connectivity index (χ3n) is 4.00. The molecule has 0 aromatic heterocycles. The first-order chi connectivity index (χ1) is 9.74. The summed E-state index contributed by atoms with van der Waals surface area (Å²) >= 11 is 0. The van der Waals surface area contributed by atoms with Crippen molar-refractivity contribution in [3.05, 3.63) is 64.7 Å². The van der Waals surface area contributed by atoms with E-state index in [9.17, 15) is 4.79 Å². The molecule has 0 bridgehead atoms. The van der Waals surface area contributed by atoms with Crippen LogP contribution in [0.1, 0.15) is 33.5 Å². The van der Waals surface area contributed by atoms with Gasteiger partial charge in [0.25, 0.3) is 0 Å². The van der Waals surface area contributed by atoms with Gasteiger partial charge in [-0.1, -0.05) is 30.3 Å². The van der Waals surface area contributed by atoms with E-state index >= 15 is 0 Å². The number of para-hydroxylation sites is 1. The summed E-state index contributed by atoms with van der Waals surface area (Å²) in [5.41, 5.74) is 5.78. The van der Waals surface area contributed by atoms with Crippen molar-refractivity contribution in [3.8, 4) is 0 Å². The van der Waals surface area contributed by atoms with Crippen molar-refractivity contribution in [2.24, 2.45) is 0 Å². The maximum Gasteiger partial charge on any atom is 0.181 e. The minimum absolute atomic E-state index is 0.156. The zero-order valence-electron chi connectivity index (χ0n) is 11.8. The molecule has 0 amide bonds. The maximum absolute atomic E-state index is 12.3. The smallest absolute Gasteiger partial charge is 0.181 e. The summed E-state index contributed by atoms with van der Waals surface area (Å²) in [6.07, 6.45) is 3.49. The van der Waals surface area contributed by atoms with Crippen LogP contribution in [0.2, 0.25) is 0 Å². The van der Waals surface area contributed by atoms with Gasteiger partial charge in [0.1, 0.15) is 0 Å². The normalized spacial score (nSPS) is 13.1. The molecular weight excluding hydrogens is 246 g/mol. The van der Waals surface area contributed by atoms with Crippen LogP contribution in [-0.2, 0) is 12.8 Å². The molecule has 102 valence electrons. The van der Waals surface area contributed by atoms with E-state index in [1.165, 1.54) is 17.5 Å². The van der Waals surface area contributed by atoms with Crippen molar-refractivity contribution in [3.63, 3.8) is 0 Å². The van der Waals surface area contributed by atoms with Gasteiger partial charge in [-0.2, -0.15) is 0 Å². The van der Waals surface area contributed by atoms with Crippen molar-refractivity contribution in [2.75, 3.05) is 11.9 Å². The van der Waals surface area contributed by atoms with Gasteiger partial charge in [0.2, 0.25) is 0 Å². The largest absolute Gasteiger partial charge is 0.377 e. The molecule has 1 aliphatic rings. The molecule has 0 aliphatic heterocycles. The molecule has 1 aliphatic carbocycles. The van der Waals surface area contributed by atoms with Crippen LogP contribution in [0.3, 0.4) is 0 Å². The topological polar surface area (TPSA) is 29.1 Å². The van der Waals surface area contributed by atoms with Crippen LogP contribution in [0.15, 0.2) is 42.5 Å². The van der Waals surface area contributed by atoms with Crippen LogP contribution in [0.4, 0.5) is 5.69 Å². The monoisotopic (exact) mass is 265 g/mol. The number of carbonyl (C=O) groups is 1. The highest BCUT2D eigenvalue weighted by atomic mass is 16.1. The Hall–Kier alpha value is -2.09. The Balaban J connectivity index is 1.69. The van der Waals surface area contributed by atoms with Gasteiger partial charge < -0.3 is 5.32 Å². The fraction of sp³-hybridized carbons (Fsp3) is 0.278. The Bertz CT molecular complexity index is 646. The number of fused-ring (bicyclic) bond motifs is 1. The van der Waals surface area contributed by atoms with Crippen LogP contribution >= 0.6 is 0 Å². The molecule has 0 fully saturated rings. The molecule has 0 atom stereocenters. The number of rotatable bonds is 4. The zero-order valence-corrected chi connectivity index (χ0v) is 11.8. The Morgan fingerprint density at radius 3 is 2.75 bits per heavy atom. The Morgan fingerprint density at radius 2 is 1.90 bits per heavy atom. The number of Topliss-reactive ketones (excluding diaryl/α,β-unsaturated/α-hetero) is 1. The average molecular weight is 265 g/mol. The van der Waals surface area contributed by atoms with Crippen LogP contribution in [-0.4, -0.2) is 12.3 Å². The van der Waals surface area contributed by atoms with E-state index in [1.54, 1.807) is 0 Å². The minimum Gasteiger partial charge on any atom is -0.377 e. The fourth-order valence-electron chi connectivity index (χ4n) is 2.79. The highest BCUT2D eigenvalue weighted by molar-refractivity contribution is 5.99. The van der Waals surface area contributed by atoms with Gasteiger partial charge in [-0.25, -0.2) is 0 Å². The number of nitrogens with one attached hydrogen (secondary N) is 1. The quantitative estimate of drug-likeness (QED) is 0.852. The Kier molecular flexibility index (Phi) is 3.55. The number of carbonyl (C=O) groups excluding carboxylic acids is 1. The summed E-state index contributed by atoms with van der Waals surface area (Å²) in [5, 5.41) is 3.23. The second-order valence-corrected chi connectivity index (χ2v) is 5.43. The van der Waals surface area contributed by atoms with Gasteiger partial charge >= 0.3 is 0 Å². The van der Waals surface area contributed by atoms with E-state index in [4.69, 9.17) is 0 Å². The van der Waals surface area contributed by atoms with Crippen molar-refractivity contribution in [2.45, 2.75) is 26.2 Å². The lowest BCUT2D eigenvalue weighted by atomic mass is 10.0. The van der Waals surface area contributed by atoms with Gasteiger partial charge in [-0.3, -0.25) is 4.79 Å². The lowest BCUT2D eigenvalue weighted by molar-refractivity contribution is 0.101. The number of hydrogen-bond acceptors (Lipinski definition) is 2. The van der Waals surface area contributed by atoms with Crippen molar-refractivity contribution >= 4 is 11.5 Å². The molecule has 0 unspecified atom stereocenters. The van der Waals surface area contributed by atoms with Gasteiger partial charge in [-0.05, 0) is 55.0 Å². The molecule has 0 saturated heterocycles. The standard InChI is InChI=1S/C18H19NO/c1-13-5-2-3-8-17(13)19-12-18(20)16-10-9-14-6-4-7-15(14)11-16/h2-3,5,8-11,19H,4,6-7,12H2,1H3. The highest BCUT2D eigenvalue weighted by Gasteiger charge is 2.13. The first-order valence-corrected chi connectivity index (χ1v) is 7.18. The number of ketones is 1. The molecule has 2 heteroatoms. The molecule has 0 radical (unpaired) electrons. The van der Waals surface area contributed by atoms with Crippen LogP contribution < -0.4 is 5.32 Å². The van der Waals surface area contributed by atoms with Gasteiger partial charge in [0.05, 0.1) is 6.54 Å². The highest BCUT2D eigenvalue weighted by Crippen LogP contribution is 2.23. The zero-order chi connectivity index (χ0) is 13.9. The molecule has 2 nitrogen and oxygen atoms in total. The number of aryl methyl sites for hydroxylation is 3. The van der Waals surface area contributed by atoms with E-state index < -0.39 is 0 Å². The first kappa shape index (κ1) is 12.9. The summed E-state index contributed by atoms with van der Waals surface area (Å²) < 4.78 is 0. The molecule has 0 heterocycles. The lowest BCUT2D eigenvalue weighted by Crippen LogP contribution is -2.14. The van der Waals surface area contributed by atoms with E-state index in [2.05, 4.69) is 17.4 Å². The summed E-state index contributed by atoms with van der Waals surface area (Å²) in [7, 11) is 0. The van der Waals surface area contributed by atoms with Gasteiger partial charge in [-0.15, -0.1) is 0 Å². The predicted molar refractivity (Wildman–Crippen MR) is 82.5 cm³/mol. The van der Waals surface area contributed by atoms with E-state index in [0.29, 0.717) is 6.54 Å². The van der Waals surface area contributed by atoms with E-state index in [-0.39, 0.29) is 5.78 Å². The molecular formula is C18H19NO. The van der Waals surface area contributed by atoms with Crippen molar-refractivity contribution < 1.29 is 4.79 Å². The SMILES string of the molecule is Cc1ccccc1NCC(=O)c1ccc2c(c1)CCC2.